The third-order valence-corrected chi connectivity index (χ3v) is 2.42. The summed E-state index contributed by atoms with van der Waals surface area (Å²) in [5.74, 6) is 0. The fraction of sp³-hybridized carbons (Fsp3) is 0.364. The molecule has 0 amide bonds. The van der Waals surface area contributed by atoms with Crippen LogP contribution in [0.4, 0.5) is 5.69 Å². The molecule has 1 aromatic carbocycles. The standard InChI is InChI=1S/C11H14N2/c1-8-4-5-11(13-7-6-12)10(3)9(8)2/h4-5,13H,7H2,1-3H3. The Hall–Kier alpha value is -1.49. The van der Waals surface area contributed by atoms with Gasteiger partial charge in [0.1, 0.15) is 6.54 Å². The van der Waals surface area contributed by atoms with Crippen LogP contribution in [-0.2, 0) is 0 Å². The molecule has 1 aromatic rings. The predicted molar refractivity (Wildman–Crippen MR) is 54.8 cm³/mol. The summed E-state index contributed by atoms with van der Waals surface area (Å²) in [7, 11) is 0. The van der Waals surface area contributed by atoms with E-state index in [1.807, 2.05) is 6.07 Å². The second-order valence-corrected chi connectivity index (χ2v) is 3.19. The van der Waals surface area contributed by atoms with Gasteiger partial charge in [-0.25, -0.2) is 0 Å². The summed E-state index contributed by atoms with van der Waals surface area (Å²) in [5.41, 5.74) is 4.88. The van der Waals surface area contributed by atoms with Gasteiger partial charge in [0.05, 0.1) is 6.07 Å². The third-order valence-electron chi connectivity index (χ3n) is 2.42. The molecule has 0 aromatic heterocycles. The van der Waals surface area contributed by atoms with E-state index in [9.17, 15) is 0 Å². The van der Waals surface area contributed by atoms with Crippen LogP contribution in [0, 0.1) is 32.1 Å². The lowest BCUT2D eigenvalue weighted by atomic mass is 10.0. The minimum atomic E-state index is 0.364. The van der Waals surface area contributed by atoms with Crippen molar-refractivity contribution in [3.8, 4) is 6.07 Å². The van der Waals surface area contributed by atoms with Gasteiger partial charge in [0.15, 0.2) is 0 Å². The molecule has 0 bridgehead atoms. The normalized spacial score (nSPS) is 9.38. The van der Waals surface area contributed by atoms with Gasteiger partial charge in [0.2, 0.25) is 0 Å². The predicted octanol–water partition coefficient (Wildman–Crippen LogP) is 2.55. The second-order valence-electron chi connectivity index (χ2n) is 3.19. The summed E-state index contributed by atoms with van der Waals surface area (Å²) in [4.78, 5) is 0. The molecule has 0 atom stereocenters. The highest BCUT2D eigenvalue weighted by Gasteiger charge is 2.01. The Balaban J connectivity index is 2.98. The quantitative estimate of drug-likeness (QED) is 0.699. The van der Waals surface area contributed by atoms with E-state index in [1.54, 1.807) is 0 Å². The third kappa shape index (κ3) is 2.00. The molecular formula is C11H14N2. The Morgan fingerprint density at radius 3 is 2.54 bits per heavy atom. The molecule has 0 aliphatic rings. The van der Waals surface area contributed by atoms with Crippen molar-refractivity contribution in [2.75, 3.05) is 11.9 Å². The number of nitrogens with zero attached hydrogens (tertiary/aromatic N) is 1. The van der Waals surface area contributed by atoms with Crippen LogP contribution >= 0.6 is 0 Å². The fourth-order valence-electron chi connectivity index (χ4n) is 1.28. The Labute approximate surface area is 79.2 Å². The number of aryl methyl sites for hydroxylation is 1. The highest BCUT2D eigenvalue weighted by Crippen LogP contribution is 2.20. The first-order valence-electron chi connectivity index (χ1n) is 4.34. The van der Waals surface area contributed by atoms with Crippen LogP contribution in [0.5, 0.6) is 0 Å². The van der Waals surface area contributed by atoms with E-state index >= 15 is 0 Å². The number of rotatable bonds is 2. The maximum Gasteiger partial charge on any atom is 0.103 e. The van der Waals surface area contributed by atoms with Gasteiger partial charge in [-0.15, -0.1) is 0 Å². The molecule has 0 aliphatic carbocycles. The number of anilines is 1. The van der Waals surface area contributed by atoms with E-state index in [0.717, 1.165) is 5.69 Å². The number of hydrogen-bond acceptors (Lipinski definition) is 2. The zero-order valence-corrected chi connectivity index (χ0v) is 8.31. The monoisotopic (exact) mass is 174 g/mol. The van der Waals surface area contributed by atoms with Gasteiger partial charge in [-0.05, 0) is 43.5 Å². The Morgan fingerprint density at radius 2 is 1.92 bits per heavy atom. The molecular weight excluding hydrogens is 160 g/mol. The molecule has 0 unspecified atom stereocenters. The molecule has 0 saturated carbocycles. The van der Waals surface area contributed by atoms with Crippen LogP contribution in [0.1, 0.15) is 16.7 Å². The van der Waals surface area contributed by atoms with Gasteiger partial charge in [0.25, 0.3) is 0 Å². The van der Waals surface area contributed by atoms with Gasteiger partial charge in [0, 0.05) is 5.69 Å². The molecule has 13 heavy (non-hydrogen) atoms. The van der Waals surface area contributed by atoms with Crippen molar-refractivity contribution in [3.05, 3.63) is 28.8 Å². The molecule has 0 aliphatic heterocycles. The molecule has 0 radical (unpaired) electrons. The largest absolute Gasteiger partial charge is 0.372 e. The first-order valence-corrected chi connectivity index (χ1v) is 4.34. The zero-order chi connectivity index (χ0) is 9.84. The SMILES string of the molecule is Cc1ccc(NCC#N)c(C)c1C. The molecule has 0 fully saturated rings. The minimum Gasteiger partial charge on any atom is -0.372 e. The molecule has 68 valence electrons. The van der Waals surface area contributed by atoms with Crippen LogP contribution in [0.15, 0.2) is 12.1 Å². The summed E-state index contributed by atoms with van der Waals surface area (Å²) in [5, 5.41) is 11.5. The van der Waals surface area contributed by atoms with Crippen LogP contribution in [0.3, 0.4) is 0 Å². The number of hydrogen-bond donors (Lipinski definition) is 1. The molecule has 1 rings (SSSR count). The van der Waals surface area contributed by atoms with Crippen molar-refractivity contribution < 1.29 is 0 Å². The molecule has 1 N–H and O–H groups in total. The van der Waals surface area contributed by atoms with Crippen molar-refractivity contribution in [1.82, 2.24) is 0 Å². The Bertz CT molecular complexity index is 348. The van der Waals surface area contributed by atoms with Crippen molar-refractivity contribution >= 4 is 5.69 Å². The van der Waals surface area contributed by atoms with Gasteiger partial charge >= 0.3 is 0 Å². The smallest absolute Gasteiger partial charge is 0.103 e. The molecule has 0 spiro atoms. The maximum atomic E-state index is 8.43. The fourth-order valence-corrected chi connectivity index (χ4v) is 1.28. The molecule has 2 heteroatoms. The zero-order valence-electron chi connectivity index (χ0n) is 8.31. The first kappa shape index (κ1) is 9.60. The molecule has 0 heterocycles. The lowest BCUT2D eigenvalue weighted by Gasteiger charge is -2.10. The van der Waals surface area contributed by atoms with Crippen LogP contribution in [-0.4, -0.2) is 6.54 Å². The van der Waals surface area contributed by atoms with Gasteiger partial charge in [-0.3, -0.25) is 0 Å². The van der Waals surface area contributed by atoms with E-state index in [1.165, 1.54) is 16.7 Å². The summed E-state index contributed by atoms with van der Waals surface area (Å²) in [6.45, 7) is 6.63. The van der Waals surface area contributed by atoms with E-state index in [-0.39, 0.29) is 0 Å². The average molecular weight is 174 g/mol. The van der Waals surface area contributed by atoms with Crippen LogP contribution in [0.2, 0.25) is 0 Å². The van der Waals surface area contributed by atoms with E-state index < -0.39 is 0 Å². The highest BCUT2D eigenvalue weighted by atomic mass is 14.9. The molecule has 2 nitrogen and oxygen atoms in total. The summed E-state index contributed by atoms with van der Waals surface area (Å²) >= 11 is 0. The maximum absolute atomic E-state index is 8.43. The number of benzene rings is 1. The summed E-state index contributed by atoms with van der Waals surface area (Å²) in [6, 6.07) is 6.16. The van der Waals surface area contributed by atoms with Gasteiger partial charge < -0.3 is 5.32 Å². The Morgan fingerprint density at radius 1 is 1.23 bits per heavy atom. The molecule has 0 saturated heterocycles. The van der Waals surface area contributed by atoms with E-state index in [0.29, 0.717) is 6.54 Å². The first-order chi connectivity index (χ1) is 6.16. The van der Waals surface area contributed by atoms with Gasteiger partial charge in [-0.1, -0.05) is 6.07 Å². The number of nitriles is 1. The second kappa shape index (κ2) is 3.95. The number of nitrogens with one attached hydrogen (secondary N) is 1. The Kier molecular flexibility index (Phi) is 2.92. The summed E-state index contributed by atoms with van der Waals surface area (Å²) < 4.78 is 0. The van der Waals surface area contributed by atoms with Crippen molar-refractivity contribution in [1.29, 1.82) is 5.26 Å². The lowest BCUT2D eigenvalue weighted by molar-refractivity contribution is 1.23. The summed E-state index contributed by atoms with van der Waals surface area (Å²) in [6.07, 6.45) is 0. The van der Waals surface area contributed by atoms with Crippen LogP contribution in [0.25, 0.3) is 0 Å². The highest BCUT2D eigenvalue weighted by molar-refractivity contribution is 5.56. The lowest BCUT2D eigenvalue weighted by Crippen LogP contribution is -2.01. The average Bonchev–Trinajstić information content (AvgIpc) is 2.13. The van der Waals surface area contributed by atoms with Crippen molar-refractivity contribution in [2.45, 2.75) is 20.8 Å². The van der Waals surface area contributed by atoms with E-state index in [2.05, 4.69) is 38.2 Å². The topological polar surface area (TPSA) is 35.8 Å². The van der Waals surface area contributed by atoms with E-state index in [4.69, 9.17) is 5.26 Å². The van der Waals surface area contributed by atoms with Crippen molar-refractivity contribution in [3.63, 3.8) is 0 Å². The minimum absolute atomic E-state index is 0.364. The van der Waals surface area contributed by atoms with Gasteiger partial charge in [-0.2, -0.15) is 5.26 Å². The van der Waals surface area contributed by atoms with Crippen molar-refractivity contribution in [2.24, 2.45) is 0 Å². The van der Waals surface area contributed by atoms with Crippen LogP contribution < -0.4 is 5.32 Å².